The van der Waals surface area contributed by atoms with Gasteiger partial charge in [-0.05, 0) is 32.2 Å². The first-order valence-corrected chi connectivity index (χ1v) is 6.25. The Morgan fingerprint density at radius 3 is 2.76 bits per heavy atom. The van der Waals surface area contributed by atoms with Crippen LogP contribution in [0.1, 0.15) is 33.1 Å². The topological polar surface area (TPSA) is 78.8 Å². The third-order valence-electron chi connectivity index (χ3n) is 2.45. The zero-order valence-corrected chi connectivity index (χ0v) is 10.8. The number of rotatable bonds is 10. The van der Waals surface area contributed by atoms with Gasteiger partial charge < -0.3 is 20.3 Å². The zero-order valence-electron chi connectivity index (χ0n) is 10.8. The van der Waals surface area contributed by atoms with Crippen molar-refractivity contribution < 1.29 is 19.7 Å². The molecule has 17 heavy (non-hydrogen) atoms. The number of hydrogen-bond donors (Lipinski definition) is 3. The first-order chi connectivity index (χ1) is 8.10. The maximum Gasteiger partial charge on any atom is 0.308 e. The minimum atomic E-state index is -0.690. The standard InChI is InChI=1S/C12H25NO4/c1-3-17-12(16)7-11(15)8-13-6-4-5-10(2)9-14/h10-11,13-15H,3-9H2,1-2H3. The molecule has 0 aliphatic rings. The lowest BCUT2D eigenvalue weighted by Crippen LogP contribution is -2.30. The summed E-state index contributed by atoms with van der Waals surface area (Å²) in [6.45, 7) is 5.47. The van der Waals surface area contributed by atoms with E-state index in [1.54, 1.807) is 6.92 Å². The maximum absolute atomic E-state index is 11.0. The molecule has 0 aliphatic heterocycles. The van der Waals surface area contributed by atoms with Crippen molar-refractivity contribution in [2.24, 2.45) is 5.92 Å². The van der Waals surface area contributed by atoms with Gasteiger partial charge in [-0.25, -0.2) is 0 Å². The molecule has 0 fully saturated rings. The predicted octanol–water partition coefficient (Wildman–Crippen LogP) is 0.299. The first-order valence-electron chi connectivity index (χ1n) is 6.25. The summed E-state index contributed by atoms with van der Waals surface area (Å²) in [6, 6.07) is 0. The highest BCUT2D eigenvalue weighted by Crippen LogP contribution is 2.02. The van der Waals surface area contributed by atoms with Crippen molar-refractivity contribution in [1.82, 2.24) is 5.32 Å². The van der Waals surface area contributed by atoms with Crippen LogP contribution in [0.15, 0.2) is 0 Å². The molecule has 102 valence electrons. The highest BCUT2D eigenvalue weighted by atomic mass is 16.5. The highest BCUT2D eigenvalue weighted by Gasteiger charge is 2.10. The second kappa shape index (κ2) is 10.5. The molecule has 5 heteroatoms. The Kier molecular flexibility index (Phi) is 10.1. The quantitative estimate of drug-likeness (QED) is 0.382. The molecule has 5 nitrogen and oxygen atoms in total. The van der Waals surface area contributed by atoms with Gasteiger partial charge in [0.2, 0.25) is 0 Å². The van der Waals surface area contributed by atoms with Crippen LogP contribution in [-0.2, 0) is 9.53 Å². The molecular formula is C12H25NO4. The lowest BCUT2D eigenvalue weighted by atomic mass is 10.1. The molecule has 0 rings (SSSR count). The van der Waals surface area contributed by atoms with Crippen molar-refractivity contribution in [2.45, 2.75) is 39.2 Å². The van der Waals surface area contributed by atoms with E-state index >= 15 is 0 Å². The number of aliphatic hydroxyl groups excluding tert-OH is 2. The van der Waals surface area contributed by atoms with Gasteiger partial charge in [-0.1, -0.05) is 6.92 Å². The van der Waals surface area contributed by atoms with Gasteiger partial charge in [-0.3, -0.25) is 4.79 Å². The van der Waals surface area contributed by atoms with E-state index in [0.29, 0.717) is 19.1 Å². The summed E-state index contributed by atoms with van der Waals surface area (Å²) < 4.78 is 4.73. The van der Waals surface area contributed by atoms with Crippen molar-refractivity contribution in [3.8, 4) is 0 Å². The molecule has 0 saturated heterocycles. The van der Waals surface area contributed by atoms with Gasteiger partial charge in [0, 0.05) is 13.2 Å². The molecule has 0 spiro atoms. The molecule has 0 aromatic carbocycles. The minimum absolute atomic E-state index is 0.0356. The summed E-state index contributed by atoms with van der Waals surface area (Å²) in [5.41, 5.74) is 0. The number of carbonyl (C=O) groups excluding carboxylic acids is 1. The van der Waals surface area contributed by atoms with Crippen LogP contribution >= 0.6 is 0 Å². The van der Waals surface area contributed by atoms with E-state index in [9.17, 15) is 9.90 Å². The predicted molar refractivity (Wildman–Crippen MR) is 65.6 cm³/mol. The van der Waals surface area contributed by atoms with Crippen LogP contribution in [0.4, 0.5) is 0 Å². The van der Waals surface area contributed by atoms with Gasteiger partial charge in [0.1, 0.15) is 0 Å². The average Bonchev–Trinajstić information content (AvgIpc) is 2.28. The minimum Gasteiger partial charge on any atom is -0.466 e. The van der Waals surface area contributed by atoms with Crippen LogP contribution in [0.3, 0.4) is 0 Å². The summed E-state index contributed by atoms with van der Waals surface area (Å²) in [6.07, 6.45) is 1.25. The molecule has 0 aromatic heterocycles. The molecule has 0 heterocycles. The Hall–Kier alpha value is -0.650. The van der Waals surface area contributed by atoms with Crippen LogP contribution in [0, 0.1) is 5.92 Å². The van der Waals surface area contributed by atoms with E-state index in [4.69, 9.17) is 9.84 Å². The molecule has 0 aliphatic carbocycles. The van der Waals surface area contributed by atoms with Crippen LogP contribution in [-0.4, -0.2) is 48.6 Å². The Labute approximate surface area is 103 Å². The van der Waals surface area contributed by atoms with Gasteiger partial charge >= 0.3 is 5.97 Å². The lowest BCUT2D eigenvalue weighted by molar-refractivity contribution is -0.145. The molecule has 0 amide bonds. The van der Waals surface area contributed by atoms with E-state index in [1.165, 1.54) is 0 Å². The van der Waals surface area contributed by atoms with Crippen molar-refractivity contribution in [3.05, 3.63) is 0 Å². The Morgan fingerprint density at radius 2 is 2.18 bits per heavy atom. The number of nitrogens with one attached hydrogen (secondary N) is 1. The third-order valence-corrected chi connectivity index (χ3v) is 2.45. The molecule has 2 unspecified atom stereocenters. The van der Waals surface area contributed by atoms with Crippen molar-refractivity contribution >= 4 is 5.97 Å². The molecule has 3 N–H and O–H groups in total. The summed E-state index contributed by atoms with van der Waals surface area (Å²) >= 11 is 0. The molecule has 0 aromatic rings. The van der Waals surface area contributed by atoms with Crippen LogP contribution in [0.2, 0.25) is 0 Å². The largest absolute Gasteiger partial charge is 0.466 e. The lowest BCUT2D eigenvalue weighted by Gasteiger charge is -2.12. The Morgan fingerprint density at radius 1 is 1.47 bits per heavy atom. The Balaban J connectivity index is 3.38. The van der Waals surface area contributed by atoms with E-state index in [1.807, 2.05) is 6.92 Å². The number of aliphatic hydroxyl groups is 2. The summed E-state index contributed by atoms with van der Waals surface area (Å²) in [5, 5.41) is 21.4. The number of carbonyl (C=O) groups is 1. The normalized spacial score (nSPS) is 14.4. The fourth-order valence-electron chi connectivity index (χ4n) is 1.42. The maximum atomic E-state index is 11.0. The molecule has 2 atom stereocenters. The second-order valence-corrected chi connectivity index (χ2v) is 4.30. The van der Waals surface area contributed by atoms with Crippen LogP contribution in [0.25, 0.3) is 0 Å². The third kappa shape index (κ3) is 10.2. The summed E-state index contributed by atoms with van der Waals surface area (Å²) in [7, 11) is 0. The zero-order chi connectivity index (χ0) is 13.1. The van der Waals surface area contributed by atoms with Gasteiger partial charge in [0.15, 0.2) is 0 Å². The van der Waals surface area contributed by atoms with E-state index in [2.05, 4.69) is 5.32 Å². The van der Waals surface area contributed by atoms with Crippen molar-refractivity contribution in [3.63, 3.8) is 0 Å². The second-order valence-electron chi connectivity index (χ2n) is 4.30. The average molecular weight is 247 g/mol. The SMILES string of the molecule is CCOC(=O)CC(O)CNCCCC(C)CO. The van der Waals surface area contributed by atoms with Gasteiger partial charge in [-0.2, -0.15) is 0 Å². The molecule has 0 bridgehead atoms. The van der Waals surface area contributed by atoms with Crippen molar-refractivity contribution in [1.29, 1.82) is 0 Å². The number of ether oxygens (including phenoxy) is 1. The van der Waals surface area contributed by atoms with Gasteiger partial charge in [-0.15, -0.1) is 0 Å². The summed E-state index contributed by atoms with van der Waals surface area (Å²) in [4.78, 5) is 11.0. The van der Waals surface area contributed by atoms with E-state index < -0.39 is 6.10 Å². The van der Waals surface area contributed by atoms with Crippen LogP contribution in [0.5, 0.6) is 0 Å². The highest BCUT2D eigenvalue weighted by molar-refractivity contribution is 5.69. The Bertz CT molecular complexity index is 199. The smallest absolute Gasteiger partial charge is 0.308 e. The van der Waals surface area contributed by atoms with E-state index in [-0.39, 0.29) is 19.0 Å². The molecular weight excluding hydrogens is 222 g/mol. The number of esters is 1. The molecule has 0 radical (unpaired) electrons. The monoisotopic (exact) mass is 247 g/mol. The fourth-order valence-corrected chi connectivity index (χ4v) is 1.42. The van der Waals surface area contributed by atoms with Crippen molar-refractivity contribution in [2.75, 3.05) is 26.3 Å². The van der Waals surface area contributed by atoms with E-state index in [0.717, 1.165) is 19.4 Å². The fraction of sp³-hybridized carbons (Fsp3) is 0.917. The first kappa shape index (κ1) is 16.4. The molecule has 0 saturated carbocycles. The number of hydrogen-bond acceptors (Lipinski definition) is 5. The van der Waals surface area contributed by atoms with Gasteiger partial charge in [0.05, 0.1) is 19.1 Å². The van der Waals surface area contributed by atoms with Crippen LogP contribution < -0.4 is 5.32 Å². The van der Waals surface area contributed by atoms with Gasteiger partial charge in [0.25, 0.3) is 0 Å². The summed E-state index contributed by atoms with van der Waals surface area (Å²) in [5.74, 6) is -0.0445.